The summed E-state index contributed by atoms with van der Waals surface area (Å²) in [5.41, 5.74) is 1.47. The van der Waals surface area contributed by atoms with Crippen molar-refractivity contribution in [3.8, 4) is 5.75 Å². The first kappa shape index (κ1) is 13.6. The average Bonchev–Trinajstić information content (AvgIpc) is 3.30. The van der Waals surface area contributed by atoms with Crippen LogP contribution in [0, 0.1) is 12.8 Å². The monoisotopic (exact) mass is 282 g/mol. The van der Waals surface area contributed by atoms with Crippen molar-refractivity contribution in [2.45, 2.75) is 19.8 Å². The molecule has 0 saturated heterocycles. The van der Waals surface area contributed by atoms with E-state index in [2.05, 4.69) is 10.3 Å². The zero-order chi connectivity index (χ0) is 14.7. The molecule has 0 spiro atoms. The van der Waals surface area contributed by atoms with Gasteiger partial charge in [-0.25, -0.2) is 4.98 Å². The summed E-state index contributed by atoms with van der Waals surface area (Å²) in [5, 5.41) is 2.79. The van der Waals surface area contributed by atoms with Gasteiger partial charge in [0.05, 0.1) is 6.61 Å². The summed E-state index contributed by atoms with van der Waals surface area (Å²) in [6.45, 7) is 2.67. The average molecular weight is 282 g/mol. The van der Waals surface area contributed by atoms with Crippen LogP contribution in [0.4, 0.5) is 5.82 Å². The lowest BCUT2D eigenvalue weighted by molar-refractivity contribution is 0.102. The molecule has 1 aromatic heterocycles. The first-order chi connectivity index (χ1) is 10.2. The highest BCUT2D eigenvalue weighted by atomic mass is 16.5. The van der Waals surface area contributed by atoms with Gasteiger partial charge in [-0.3, -0.25) is 4.79 Å². The number of nitrogens with zero attached hydrogens (tertiary/aromatic N) is 1. The summed E-state index contributed by atoms with van der Waals surface area (Å²) in [5.74, 6) is 1.93. The van der Waals surface area contributed by atoms with E-state index in [0.29, 0.717) is 11.4 Å². The number of aryl methyl sites for hydroxylation is 1. The molecule has 1 aromatic carbocycles. The number of rotatable bonds is 5. The SMILES string of the molecule is Cc1cccc(NC(=O)c2ccc(OCC3CC3)cc2)n1. The quantitative estimate of drug-likeness (QED) is 0.914. The van der Waals surface area contributed by atoms with Crippen LogP contribution in [0.5, 0.6) is 5.75 Å². The van der Waals surface area contributed by atoms with Gasteiger partial charge in [0.15, 0.2) is 0 Å². The Bertz CT molecular complexity index is 633. The predicted octanol–water partition coefficient (Wildman–Crippen LogP) is 3.43. The molecule has 2 aromatic rings. The molecule has 0 unspecified atom stereocenters. The largest absolute Gasteiger partial charge is 0.493 e. The van der Waals surface area contributed by atoms with Gasteiger partial charge in [-0.05, 0) is 62.1 Å². The minimum atomic E-state index is -0.165. The molecule has 0 aliphatic heterocycles. The van der Waals surface area contributed by atoms with Crippen molar-refractivity contribution in [3.05, 3.63) is 53.7 Å². The van der Waals surface area contributed by atoms with E-state index in [1.54, 1.807) is 18.2 Å². The maximum absolute atomic E-state index is 12.1. The highest BCUT2D eigenvalue weighted by Crippen LogP contribution is 2.29. The molecule has 3 rings (SSSR count). The van der Waals surface area contributed by atoms with E-state index in [1.807, 2.05) is 31.2 Å². The molecule has 0 radical (unpaired) electrons. The minimum Gasteiger partial charge on any atom is -0.493 e. The van der Waals surface area contributed by atoms with Crippen LogP contribution in [0.3, 0.4) is 0 Å². The van der Waals surface area contributed by atoms with Crippen molar-refractivity contribution in [1.29, 1.82) is 0 Å². The number of carbonyl (C=O) groups is 1. The van der Waals surface area contributed by atoms with Crippen molar-refractivity contribution >= 4 is 11.7 Å². The van der Waals surface area contributed by atoms with Gasteiger partial charge < -0.3 is 10.1 Å². The van der Waals surface area contributed by atoms with Gasteiger partial charge >= 0.3 is 0 Å². The predicted molar refractivity (Wildman–Crippen MR) is 81.6 cm³/mol. The Balaban J connectivity index is 1.61. The van der Waals surface area contributed by atoms with Gasteiger partial charge in [-0.2, -0.15) is 0 Å². The molecule has 1 aliphatic rings. The van der Waals surface area contributed by atoms with E-state index in [1.165, 1.54) is 12.8 Å². The molecule has 108 valence electrons. The van der Waals surface area contributed by atoms with E-state index >= 15 is 0 Å². The molecule has 21 heavy (non-hydrogen) atoms. The van der Waals surface area contributed by atoms with Crippen molar-refractivity contribution in [3.63, 3.8) is 0 Å². The Kier molecular flexibility index (Phi) is 3.86. The number of ether oxygens (including phenoxy) is 1. The normalized spacial score (nSPS) is 13.8. The number of anilines is 1. The standard InChI is InChI=1S/C17H18N2O2/c1-12-3-2-4-16(18-12)19-17(20)14-7-9-15(10-8-14)21-11-13-5-6-13/h2-4,7-10,13H,5-6,11H2,1H3,(H,18,19,20). The van der Waals surface area contributed by atoms with Crippen molar-refractivity contribution in [1.82, 2.24) is 4.98 Å². The topological polar surface area (TPSA) is 51.2 Å². The van der Waals surface area contributed by atoms with Crippen LogP contribution >= 0.6 is 0 Å². The van der Waals surface area contributed by atoms with Gasteiger partial charge in [0.2, 0.25) is 0 Å². The van der Waals surface area contributed by atoms with Gasteiger partial charge in [-0.15, -0.1) is 0 Å². The molecule has 0 atom stereocenters. The molecule has 4 heteroatoms. The molecule has 4 nitrogen and oxygen atoms in total. The third-order valence-corrected chi connectivity index (χ3v) is 3.43. The summed E-state index contributed by atoms with van der Waals surface area (Å²) in [6, 6.07) is 12.7. The van der Waals surface area contributed by atoms with Crippen LogP contribution in [-0.2, 0) is 0 Å². The number of pyridine rings is 1. The highest BCUT2D eigenvalue weighted by molar-refractivity contribution is 6.03. The van der Waals surface area contributed by atoms with Crippen molar-refractivity contribution < 1.29 is 9.53 Å². The highest BCUT2D eigenvalue weighted by Gasteiger charge is 2.21. The summed E-state index contributed by atoms with van der Waals surface area (Å²) < 4.78 is 5.65. The Morgan fingerprint density at radius 1 is 1.24 bits per heavy atom. The molecular weight excluding hydrogens is 264 g/mol. The number of carbonyl (C=O) groups excluding carboxylic acids is 1. The molecule has 1 heterocycles. The zero-order valence-corrected chi connectivity index (χ0v) is 12.0. The summed E-state index contributed by atoms with van der Waals surface area (Å²) in [7, 11) is 0. The number of aromatic nitrogens is 1. The lowest BCUT2D eigenvalue weighted by Crippen LogP contribution is -2.13. The van der Waals surface area contributed by atoms with E-state index in [9.17, 15) is 4.79 Å². The molecule has 1 saturated carbocycles. The van der Waals surface area contributed by atoms with Crippen LogP contribution in [0.1, 0.15) is 28.9 Å². The van der Waals surface area contributed by atoms with Crippen LogP contribution < -0.4 is 10.1 Å². The summed E-state index contributed by atoms with van der Waals surface area (Å²) in [6.07, 6.45) is 2.54. The van der Waals surface area contributed by atoms with Gasteiger partial charge in [0.25, 0.3) is 5.91 Å². The van der Waals surface area contributed by atoms with E-state index in [0.717, 1.165) is 24.0 Å². The van der Waals surface area contributed by atoms with E-state index in [4.69, 9.17) is 4.74 Å². The van der Waals surface area contributed by atoms with Crippen LogP contribution in [0.2, 0.25) is 0 Å². The molecule has 1 amide bonds. The van der Waals surface area contributed by atoms with Gasteiger partial charge in [-0.1, -0.05) is 6.07 Å². The number of nitrogens with one attached hydrogen (secondary N) is 1. The van der Waals surface area contributed by atoms with Crippen LogP contribution in [0.15, 0.2) is 42.5 Å². The lowest BCUT2D eigenvalue weighted by Gasteiger charge is -2.07. The second-order valence-corrected chi connectivity index (χ2v) is 5.40. The summed E-state index contributed by atoms with van der Waals surface area (Å²) >= 11 is 0. The van der Waals surface area contributed by atoms with Gasteiger partial charge in [0, 0.05) is 11.3 Å². The zero-order valence-electron chi connectivity index (χ0n) is 12.0. The Hall–Kier alpha value is -2.36. The first-order valence-electron chi connectivity index (χ1n) is 7.18. The summed E-state index contributed by atoms with van der Waals surface area (Å²) in [4.78, 5) is 16.4. The van der Waals surface area contributed by atoms with Crippen LogP contribution in [-0.4, -0.2) is 17.5 Å². The number of benzene rings is 1. The van der Waals surface area contributed by atoms with Crippen molar-refractivity contribution in [2.75, 3.05) is 11.9 Å². The molecular formula is C17H18N2O2. The first-order valence-corrected chi connectivity index (χ1v) is 7.18. The van der Waals surface area contributed by atoms with E-state index < -0.39 is 0 Å². The maximum Gasteiger partial charge on any atom is 0.256 e. The maximum atomic E-state index is 12.1. The molecule has 1 fully saturated rings. The lowest BCUT2D eigenvalue weighted by atomic mass is 10.2. The minimum absolute atomic E-state index is 0.165. The number of amides is 1. The fraction of sp³-hybridized carbons (Fsp3) is 0.294. The number of hydrogen-bond acceptors (Lipinski definition) is 3. The number of hydrogen-bond donors (Lipinski definition) is 1. The fourth-order valence-electron chi connectivity index (χ4n) is 2.00. The van der Waals surface area contributed by atoms with Crippen molar-refractivity contribution in [2.24, 2.45) is 5.92 Å². The Labute approximate surface area is 124 Å². The smallest absolute Gasteiger partial charge is 0.256 e. The van der Waals surface area contributed by atoms with Gasteiger partial charge in [0.1, 0.15) is 11.6 Å². The fourth-order valence-corrected chi connectivity index (χ4v) is 2.00. The third-order valence-electron chi connectivity index (χ3n) is 3.43. The molecule has 1 N–H and O–H groups in total. The Morgan fingerprint density at radius 3 is 2.67 bits per heavy atom. The third kappa shape index (κ3) is 3.81. The second kappa shape index (κ2) is 5.95. The molecule has 1 aliphatic carbocycles. The Morgan fingerprint density at radius 2 is 2.00 bits per heavy atom. The second-order valence-electron chi connectivity index (χ2n) is 5.40. The molecule has 0 bridgehead atoms. The van der Waals surface area contributed by atoms with E-state index in [-0.39, 0.29) is 5.91 Å². The van der Waals surface area contributed by atoms with Crippen LogP contribution in [0.25, 0.3) is 0 Å².